The number of methoxy groups -OCH3 is 2. The molecular weight excluding hydrogens is 250 g/mol. The van der Waals surface area contributed by atoms with Crippen molar-refractivity contribution < 1.29 is 9.47 Å². The van der Waals surface area contributed by atoms with Crippen LogP contribution < -0.4 is 0 Å². The van der Waals surface area contributed by atoms with Gasteiger partial charge in [-0.25, -0.2) is 0 Å². The van der Waals surface area contributed by atoms with Crippen molar-refractivity contribution in [2.75, 3.05) is 20.8 Å². The molecule has 1 aliphatic rings. The number of hydrogen-bond donors (Lipinski definition) is 0. The molecule has 0 saturated heterocycles. The highest BCUT2D eigenvalue weighted by atomic mass is 16.5. The molecule has 0 bridgehead atoms. The maximum atomic E-state index is 5.41. The van der Waals surface area contributed by atoms with Gasteiger partial charge >= 0.3 is 0 Å². The van der Waals surface area contributed by atoms with Crippen LogP contribution in [-0.2, 0) is 9.47 Å². The fourth-order valence-corrected chi connectivity index (χ4v) is 1.93. The Labute approximate surface area is 119 Å². The summed E-state index contributed by atoms with van der Waals surface area (Å²) >= 11 is 0. The second-order valence-corrected chi connectivity index (χ2v) is 4.32. The lowest BCUT2D eigenvalue weighted by Crippen LogP contribution is -2.02. The molecule has 3 nitrogen and oxygen atoms in total. The third kappa shape index (κ3) is 3.85. The lowest BCUT2D eigenvalue weighted by molar-refractivity contribution is 0.285. The van der Waals surface area contributed by atoms with E-state index in [-0.39, 0.29) is 0 Å². The molecule has 0 unspecified atom stereocenters. The van der Waals surface area contributed by atoms with Gasteiger partial charge in [0, 0.05) is 12.5 Å². The number of rotatable bonds is 3. The maximum Gasteiger partial charge on any atom is 0.116 e. The largest absolute Gasteiger partial charge is 0.501 e. The zero-order valence-electron chi connectivity index (χ0n) is 11.9. The highest BCUT2D eigenvalue weighted by Crippen LogP contribution is 2.12. The zero-order valence-corrected chi connectivity index (χ0v) is 11.9. The van der Waals surface area contributed by atoms with Gasteiger partial charge in [0.05, 0.1) is 26.5 Å². The Morgan fingerprint density at radius 2 is 1.85 bits per heavy atom. The first-order valence-corrected chi connectivity index (χ1v) is 6.58. The number of nitrogens with zero attached hydrogens (tertiary/aromatic N) is 1. The van der Waals surface area contributed by atoms with E-state index in [2.05, 4.69) is 4.99 Å². The van der Waals surface area contributed by atoms with Crippen molar-refractivity contribution in [1.29, 1.82) is 0 Å². The number of benzene rings is 1. The average Bonchev–Trinajstić information content (AvgIpc) is 2.52. The van der Waals surface area contributed by atoms with Gasteiger partial charge in [0.1, 0.15) is 11.5 Å². The van der Waals surface area contributed by atoms with Crippen molar-refractivity contribution in [3.05, 3.63) is 71.7 Å². The van der Waals surface area contributed by atoms with Crippen LogP contribution in [0.5, 0.6) is 0 Å². The number of allylic oxidation sites excluding steroid dienone is 3. The van der Waals surface area contributed by atoms with Crippen molar-refractivity contribution in [2.45, 2.75) is 6.42 Å². The monoisotopic (exact) mass is 269 g/mol. The van der Waals surface area contributed by atoms with Gasteiger partial charge in [-0.05, 0) is 17.7 Å². The Kier molecular flexibility index (Phi) is 5.18. The molecule has 0 amide bonds. The minimum absolute atomic E-state index is 0.575. The summed E-state index contributed by atoms with van der Waals surface area (Å²) in [4.78, 5) is 4.62. The maximum absolute atomic E-state index is 5.41. The second kappa shape index (κ2) is 7.34. The summed E-state index contributed by atoms with van der Waals surface area (Å²) in [6.07, 6.45) is 8.63. The summed E-state index contributed by atoms with van der Waals surface area (Å²) in [6, 6.07) is 10.1. The smallest absolute Gasteiger partial charge is 0.116 e. The van der Waals surface area contributed by atoms with Crippen LogP contribution in [0.4, 0.5) is 0 Å². The molecule has 1 heterocycles. The van der Waals surface area contributed by atoms with E-state index in [0.29, 0.717) is 13.0 Å². The van der Waals surface area contributed by atoms with Gasteiger partial charge in [0.25, 0.3) is 0 Å². The number of hydrogen-bond acceptors (Lipinski definition) is 3. The molecule has 0 N–H and O–H groups in total. The van der Waals surface area contributed by atoms with Crippen LogP contribution in [0.1, 0.15) is 12.0 Å². The molecule has 2 rings (SSSR count). The third-order valence-corrected chi connectivity index (χ3v) is 3.02. The van der Waals surface area contributed by atoms with Crippen molar-refractivity contribution in [1.82, 2.24) is 0 Å². The fraction of sp³-hybridized carbons (Fsp3) is 0.235. The van der Waals surface area contributed by atoms with E-state index >= 15 is 0 Å². The minimum Gasteiger partial charge on any atom is -0.501 e. The molecular formula is C17H19NO2. The van der Waals surface area contributed by atoms with E-state index in [1.807, 2.05) is 54.6 Å². The third-order valence-electron chi connectivity index (χ3n) is 3.02. The highest BCUT2D eigenvalue weighted by Gasteiger charge is 2.04. The van der Waals surface area contributed by atoms with Gasteiger partial charge in [-0.15, -0.1) is 0 Å². The Bertz CT molecular complexity index is 554. The van der Waals surface area contributed by atoms with Crippen LogP contribution in [-0.4, -0.2) is 26.5 Å². The van der Waals surface area contributed by atoms with Gasteiger partial charge < -0.3 is 9.47 Å². The summed E-state index contributed by atoms with van der Waals surface area (Å²) in [5.74, 6) is 1.69. The van der Waals surface area contributed by atoms with Crippen molar-refractivity contribution in [2.24, 2.45) is 4.99 Å². The molecule has 0 spiro atoms. The van der Waals surface area contributed by atoms with Gasteiger partial charge in [-0.2, -0.15) is 0 Å². The van der Waals surface area contributed by atoms with Gasteiger partial charge in [0.15, 0.2) is 0 Å². The highest BCUT2D eigenvalue weighted by molar-refractivity contribution is 6.09. The van der Waals surface area contributed by atoms with Crippen LogP contribution in [0.25, 0.3) is 0 Å². The van der Waals surface area contributed by atoms with Crippen LogP contribution in [0.3, 0.4) is 0 Å². The molecule has 0 saturated carbocycles. The van der Waals surface area contributed by atoms with Crippen LogP contribution >= 0.6 is 0 Å². The Morgan fingerprint density at radius 1 is 1.05 bits per heavy atom. The molecule has 1 aliphatic heterocycles. The molecule has 0 atom stereocenters. The first kappa shape index (κ1) is 14.1. The van der Waals surface area contributed by atoms with Gasteiger partial charge in [0.2, 0.25) is 0 Å². The van der Waals surface area contributed by atoms with Crippen LogP contribution in [0, 0.1) is 0 Å². The summed E-state index contributed by atoms with van der Waals surface area (Å²) in [5.41, 5.74) is 2.00. The fourth-order valence-electron chi connectivity index (χ4n) is 1.93. The molecule has 1 aromatic carbocycles. The standard InChI is InChI=1S/C17H19NO2/c1-19-15-9-6-10-16(20-2)13-17(18-12-11-15)14-7-4-3-5-8-14/h3-9,11,13H,10,12H2,1-2H3/b9-6-,15-11+,16-13+,18-17?. The molecule has 1 aromatic rings. The van der Waals surface area contributed by atoms with E-state index in [4.69, 9.17) is 9.47 Å². The SMILES string of the molecule is COC1=C/CN=C(c2ccccc2)/C=C(/OC)C/C=C\1. The normalized spacial score (nSPS) is 22.6. The average molecular weight is 269 g/mol. The molecule has 0 aromatic heterocycles. The summed E-state index contributed by atoms with van der Waals surface area (Å²) < 4.78 is 10.7. The molecule has 104 valence electrons. The van der Waals surface area contributed by atoms with E-state index in [0.717, 1.165) is 22.8 Å². The van der Waals surface area contributed by atoms with Crippen molar-refractivity contribution in [3.8, 4) is 0 Å². The lowest BCUT2D eigenvalue weighted by Gasteiger charge is -2.08. The number of aliphatic imine (C=N–C) groups is 1. The molecule has 0 aliphatic carbocycles. The van der Waals surface area contributed by atoms with Crippen molar-refractivity contribution in [3.63, 3.8) is 0 Å². The summed E-state index contributed by atoms with van der Waals surface area (Å²) in [5, 5.41) is 0. The molecule has 0 fully saturated rings. The van der Waals surface area contributed by atoms with Crippen LogP contribution in [0.15, 0.2) is 71.1 Å². The Morgan fingerprint density at radius 3 is 2.55 bits per heavy atom. The molecule has 0 radical (unpaired) electrons. The Hall–Kier alpha value is -2.29. The number of ether oxygens (including phenoxy) is 2. The van der Waals surface area contributed by atoms with Gasteiger partial charge in [-0.1, -0.05) is 36.4 Å². The van der Waals surface area contributed by atoms with Crippen LogP contribution in [0.2, 0.25) is 0 Å². The van der Waals surface area contributed by atoms with E-state index in [9.17, 15) is 0 Å². The van der Waals surface area contributed by atoms with Crippen molar-refractivity contribution >= 4 is 5.71 Å². The summed E-state index contributed by atoms with van der Waals surface area (Å²) in [7, 11) is 3.35. The topological polar surface area (TPSA) is 30.8 Å². The first-order valence-electron chi connectivity index (χ1n) is 6.58. The molecule has 20 heavy (non-hydrogen) atoms. The van der Waals surface area contributed by atoms with E-state index < -0.39 is 0 Å². The Balaban J connectivity index is 2.36. The molecule has 3 heteroatoms. The van der Waals surface area contributed by atoms with E-state index in [1.54, 1.807) is 14.2 Å². The predicted octanol–water partition coefficient (Wildman–Crippen LogP) is 3.50. The first-order chi connectivity index (χ1) is 9.83. The minimum atomic E-state index is 0.575. The second-order valence-electron chi connectivity index (χ2n) is 4.32. The van der Waals surface area contributed by atoms with Gasteiger partial charge in [-0.3, -0.25) is 4.99 Å². The van der Waals surface area contributed by atoms with E-state index in [1.165, 1.54) is 0 Å². The summed E-state index contributed by atoms with van der Waals surface area (Å²) in [6.45, 7) is 0.575. The lowest BCUT2D eigenvalue weighted by atomic mass is 10.1. The quantitative estimate of drug-likeness (QED) is 0.841. The predicted molar refractivity (Wildman–Crippen MR) is 81.8 cm³/mol. The zero-order chi connectivity index (χ0) is 14.2.